The number of sulfonamides is 1. The molecule has 0 spiro atoms. The Morgan fingerprint density at radius 2 is 1.92 bits per heavy atom. The molecule has 1 aliphatic rings. The van der Waals surface area contributed by atoms with E-state index in [1.807, 2.05) is 44.2 Å². The monoisotopic (exact) mass is 370 g/mol. The Bertz CT molecular complexity index is 946. The van der Waals surface area contributed by atoms with Gasteiger partial charge >= 0.3 is 0 Å². The zero-order chi connectivity index (χ0) is 18.6. The zero-order valence-corrected chi connectivity index (χ0v) is 15.7. The number of nitrogens with zero attached hydrogens (tertiary/aromatic N) is 1. The predicted molar refractivity (Wildman–Crippen MR) is 103 cm³/mol. The number of rotatable bonds is 6. The molecule has 0 atom stereocenters. The molecule has 5 nitrogen and oxygen atoms in total. The van der Waals surface area contributed by atoms with Crippen LogP contribution in [-0.2, 0) is 16.4 Å². The van der Waals surface area contributed by atoms with Crippen LogP contribution in [0.15, 0.2) is 64.6 Å². The number of ether oxygens (including phenoxy) is 1. The van der Waals surface area contributed by atoms with E-state index in [1.54, 1.807) is 24.3 Å². The Kier molecular flexibility index (Phi) is 5.42. The zero-order valence-electron chi connectivity index (χ0n) is 14.9. The number of aryl methyl sites for hydroxylation is 2. The van der Waals surface area contributed by atoms with E-state index in [4.69, 9.17) is 4.74 Å². The van der Waals surface area contributed by atoms with E-state index in [9.17, 15) is 8.42 Å². The maximum atomic E-state index is 12.4. The van der Waals surface area contributed by atoms with Crippen LogP contribution in [0.1, 0.15) is 30.0 Å². The van der Waals surface area contributed by atoms with E-state index in [0.29, 0.717) is 18.7 Å². The summed E-state index contributed by atoms with van der Waals surface area (Å²) < 4.78 is 30.7. The van der Waals surface area contributed by atoms with E-state index in [0.717, 1.165) is 28.9 Å². The highest BCUT2D eigenvalue weighted by molar-refractivity contribution is 7.89. The van der Waals surface area contributed by atoms with Crippen LogP contribution in [0.2, 0.25) is 0 Å². The van der Waals surface area contributed by atoms with Gasteiger partial charge < -0.3 is 4.74 Å². The summed E-state index contributed by atoms with van der Waals surface area (Å²) in [7, 11) is -3.69. The van der Waals surface area contributed by atoms with Gasteiger partial charge in [-0.3, -0.25) is 0 Å². The van der Waals surface area contributed by atoms with Crippen LogP contribution in [0.4, 0.5) is 0 Å². The predicted octanol–water partition coefficient (Wildman–Crippen LogP) is 3.58. The molecule has 0 radical (unpaired) electrons. The molecule has 26 heavy (non-hydrogen) atoms. The third-order valence-electron chi connectivity index (χ3n) is 4.24. The standard InChI is InChI=1S/C20H22N2O3S/c1-3-4-14-25-19-7-5-6-16-10-13-18(20(16)19)21-22-26(23,24)17-11-8-15(2)9-12-17/h3-9,11-12,22H,10,13-14H2,1-2H3/b4-3-,21-18+. The van der Waals surface area contributed by atoms with Crippen molar-refractivity contribution in [3.05, 3.63) is 71.3 Å². The van der Waals surface area contributed by atoms with Crippen molar-refractivity contribution >= 4 is 15.7 Å². The minimum absolute atomic E-state index is 0.197. The van der Waals surface area contributed by atoms with Crippen LogP contribution in [0.3, 0.4) is 0 Å². The highest BCUT2D eigenvalue weighted by atomic mass is 32.2. The molecular formula is C20H22N2O3S. The summed E-state index contributed by atoms with van der Waals surface area (Å²) in [4.78, 5) is 2.56. The van der Waals surface area contributed by atoms with Crippen molar-refractivity contribution in [1.29, 1.82) is 0 Å². The number of hydrogen-bond donors (Lipinski definition) is 1. The maximum absolute atomic E-state index is 12.4. The highest BCUT2D eigenvalue weighted by Crippen LogP contribution is 2.31. The smallest absolute Gasteiger partial charge is 0.276 e. The fraction of sp³-hybridized carbons (Fsp3) is 0.250. The molecule has 0 aliphatic heterocycles. The van der Waals surface area contributed by atoms with Gasteiger partial charge in [0.25, 0.3) is 10.0 Å². The second-order valence-corrected chi connectivity index (χ2v) is 7.80. The Morgan fingerprint density at radius 3 is 2.65 bits per heavy atom. The van der Waals surface area contributed by atoms with E-state index < -0.39 is 10.0 Å². The summed E-state index contributed by atoms with van der Waals surface area (Å²) in [5, 5.41) is 4.20. The molecule has 136 valence electrons. The van der Waals surface area contributed by atoms with E-state index in [2.05, 4.69) is 9.93 Å². The molecule has 2 aromatic carbocycles. The number of hydrogen-bond acceptors (Lipinski definition) is 4. The van der Waals surface area contributed by atoms with Crippen LogP contribution in [0, 0.1) is 6.92 Å². The van der Waals surface area contributed by atoms with Crippen molar-refractivity contribution in [2.45, 2.75) is 31.6 Å². The number of fused-ring (bicyclic) bond motifs is 1. The van der Waals surface area contributed by atoms with Crippen molar-refractivity contribution < 1.29 is 13.2 Å². The Labute approximate surface area is 154 Å². The molecule has 0 fully saturated rings. The van der Waals surface area contributed by atoms with E-state index in [1.165, 1.54) is 0 Å². The van der Waals surface area contributed by atoms with Crippen molar-refractivity contribution in [2.75, 3.05) is 6.61 Å². The summed E-state index contributed by atoms with van der Waals surface area (Å²) in [6.45, 7) is 4.32. The van der Waals surface area contributed by atoms with Gasteiger partial charge in [-0.25, -0.2) is 0 Å². The van der Waals surface area contributed by atoms with Crippen LogP contribution >= 0.6 is 0 Å². The van der Waals surface area contributed by atoms with Crippen LogP contribution in [0.5, 0.6) is 5.75 Å². The van der Waals surface area contributed by atoms with Gasteiger partial charge in [0.05, 0.1) is 10.6 Å². The molecule has 0 unspecified atom stereocenters. The van der Waals surface area contributed by atoms with Gasteiger partial charge in [-0.05, 0) is 50.5 Å². The topological polar surface area (TPSA) is 67.8 Å². The SMILES string of the molecule is C/C=C\COc1cccc2c1/C(=N/NS(=O)(=O)c1ccc(C)cc1)CC2. The molecule has 0 saturated carbocycles. The molecule has 6 heteroatoms. The first kappa shape index (κ1) is 18.2. The molecule has 0 aromatic heterocycles. The molecule has 1 N–H and O–H groups in total. The molecular weight excluding hydrogens is 348 g/mol. The van der Waals surface area contributed by atoms with Crippen molar-refractivity contribution in [3.8, 4) is 5.75 Å². The quantitative estimate of drug-likeness (QED) is 0.624. The lowest BCUT2D eigenvalue weighted by Gasteiger charge is -2.10. The Morgan fingerprint density at radius 1 is 1.15 bits per heavy atom. The summed E-state index contributed by atoms with van der Waals surface area (Å²) in [5.74, 6) is 0.728. The highest BCUT2D eigenvalue weighted by Gasteiger charge is 2.23. The van der Waals surface area contributed by atoms with Gasteiger partial charge in [0, 0.05) is 5.56 Å². The van der Waals surface area contributed by atoms with Crippen LogP contribution in [-0.4, -0.2) is 20.7 Å². The third-order valence-corrected chi connectivity index (χ3v) is 5.46. The number of nitrogens with one attached hydrogen (secondary N) is 1. The minimum Gasteiger partial charge on any atom is -0.489 e. The van der Waals surface area contributed by atoms with Gasteiger partial charge in [-0.15, -0.1) is 0 Å². The maximum Gasteiger partial charge on any atom is 0.276 e. The van der Waals surface area contributed by atoms with Crippen molar-refractivity contribution in [3.63, 3.8) is 0 Å². The fourth-order valence-corrected chi connectivity index (χ4v) is 3.67. The molecule has 1 aliphatic carbocycles. The van der Waals surface area contributed by atoms with Gasteiger partial charge in [0.15, 0.2) is 0 Å². The third kappa shape index (κ3) is 3.96. The summed E-state index contributed by atoms with van der Waals surface area (Å²) in [5.41, 5.74) is 3.72. The van der Waals surface area contributed by atoms with Crippen LogP contribution in [0.25, 0.3) is 0 Å². The molecule has 0 saturated heterocycles. The van der Waals surface area contributed by atoms with Gasteiger partial charge in [-0.1, -0.05) is 42.0 Å². The normalized spacial score (nSPS) is 15.4. The number of benzene rings is 2. The number of hydrazone groups is 1. The largest absolute Gasteiger partial charge is 0.489 e. The second kappa shape index (κ2) is 7.74. The first-order chi connectivity index (χ1) is 12.5. The lowest BCUT2D eigenvalue weighted by atomic mass is 10.1. The first-order valence-electron chi connectivity index (χ1n) is 8.52. The second-order valence-electron chi connectivity index (χ2n) is 6.14. The first-order valence-corrected chi connectivity index (χ1v) is 10.0. The lowest BCUT2D eigenvalue weighted by molar-refractivity contribution is 0.362. The average molecular weight is 370 g/mol. The van der Waals surface area contributed by atoms with Gasteiger partial charge in [-0.2, -0.15) is 18.4 Å². The molecule has 3 rings (SSSR count). The number of allylic oxidation sites excluding steroid dienone is 1. The molecule has 0 bridgehead atoms. The Balaban J connectivity index is 1.85. The summed E-state index contributed by atoms with van der Waals surface area (Å²) >= 11 is 0. The van der Waals surface area contributed by atoms with Crippen LogP contribution < -0.4 is 9.57 Å². The van der Waals surface area contributed by atoms with E-state index in [-0.39, 0.29) is 4.90 Å². The summed E-state index contributed by atoms with van der Waals surface area (Å²) in [6.07, 6.45) is 5.34. The minimum atomic E-state index is -3.69. The Hall–Kier alpha value is -2.60. The molecule has 0 heterocycles. The van der Waals surface area contributed by atoms with Gasteiger partial charge in [0.1, 0.15) is 12.4 Å². The molecule has 2 aromatic rings. The van der Waals surface area contributed by atoms with Crippen molar-refractivity contribution in [2.24, 2.45) is 5.10 Å². The lowest BCUT2D eigenvalue weighted by Crippen LogP contribution is -2.20. The van der Waals surface area contributed by atoms with E-state index >= 15 is 0 Å². The summed E-state index contributed by atoms with van der Waals surface area (Å²) in [6, 6.07) is 12.5. The van der Waals surface area contributed by atoms with Crippen molar-refractivity contribution in [1.82, 2.24) is 4.83 Å². The average Bonchev–Trinajstić information content (AvgIpc) is 3.05. The fourth-order valence-electron chi connectivity index (χ4n) is 2.84. The molecule has 0 amide bonds. The van der Waals surface area contributed by atoms with Gasteiger partial charge in [0.2, 0.25) is 0 Å².